The van der Waals surface area contributed by atoms with Crippen LogP contribution in [0.3, 0.4) is 0 Å². The Morgan fingerprint density at radius 2 is 1.96 bits per heavy atom. The predicted molar refractivity (Wildman–Crippen MR) is 103 cm³/mol. The minimum Gasteiger partial charge on any atom is -0.453 e. The molecule has 0 fully saturated rings. The first-order valence-electron chi connectivity index (χ1n) is 7.98. The molecule has 0 bridgehead atoms. The van der Waals surface area contributed by atoms with Crippen LogP contribution >= 0.6 is 19.4 Å². The Balaban J connectivity index is 1.95. The number of hydrogen-bond donors (Lipinski definition) is 3. The molecule has 0 spiro atoms. The van der Waals surface area contributed by atoms with Gasteiger partial charge in [0.25, 0.3) is 0 Å². The lowest BCUT2D eigenvalue weighted by Crippen LogP contribution is -2.16. The van der Waals surface area contributed by atoms with Crippen LogP contribution in [0, 0.1) is 0 Å². The molecule has 1 aromatic heterocycles. The van der Waals surface area contributed by atoms with Crippen molar-refractivity contribution in [1.82, 2.24) is 9.55 Å². The average Bonchev–Trinajstić information content (AvgIpc) is 2.96. The molecule has 0 saturated heterocycles. The van der Waals surface area contributed by atoms with Gasteiger partial charge in [0.15, 0.2) is 0 Å². The summed E-state index contributed by atoms with van der Waals surface area (Å²) in [6.07, 6.45) is -1.07. The third-order valence-electron chi connectivity index (χ3n) is 3.71. The molecule has 1 amide bonds. The van der Waals surface area contributed by atoms with Crippen LogP contribution in [0.1, 0.15) is 0 Å². The van der Waals surface area contributed by atoms with E-state index in [9.17, 15) is 19.1 Å². The molecule has 3 N–H and O–H groups in total. The number of nitrogens with one attached hydrogen (secondary N) is 1. The Labute approximate surface area is 159 Å². The molecule has 0 aliphatic heterocycles. The van der Waals surface area contributed by atoms with Gasteiger partial charge in [-0.3, -0.25) is 9.88 Å². The Kier molecular flexibility index (Phi) is 5.86. The van der Waals surface area contributed by atoms with Crippen LogP contribution in [0.4, 0.5) is 10.7 Å². The molecule has 3 rings (SSSR count). The number of ether oxygens (including phenoxy) is 1. The average molecular weight is 407 g/mol. The number of nitrogens with zero attached hydrogens (tertiary/aromatic N) is 2. The summed E-state index contributed by atoms with van der Waals surface area (Å²) < 4.78 is 17.4. The highest BCUT2D eigenvalue weighted by Gasteiger charge is 2.18. The number of rotatable bonds is 6. The highest BCUT2D eigenvalue weighted by Crippen LogP contribution is 2.36. The second-order valence-corrected chi connectivity index (χ2v) is 8.58. The van der Waals surface area contributed by atoms with E-state index in [4.69, 9.17) is 0 Å². The number of imidazole rings is 1. The van der Waals surface area contributed by atoms with E-state index in [0.717, 1.165) is 9.79 Å². The van der Waals surface area contributed by atoms with Gasteiger partial charge < -0.3 is 19.1 Å². The molecule has 0 radical (unpaired) electrons. The molecule has 27 heavy (non-hydrogen) atoms. The predicted octanol–water partition coefficient (Wildman–Crippen LogP) is 3.54. The maximum absolute atomic E-state index is 11.6. The van der Waals surface area contributed by atoms with Gasteiger partial charge in [-0.15, -0.1) is 0 Å². The number of anilines is 1. The minimum atomic E-state index is -4.20. The summed E-state index contributed by atoms with van der Waals surface area (Å²) in [5, 5.41) is 2.49. The zero-order valence-electron chi connectivity index (χ0n) is 14.4. The van der Waals surface area contributed by atoms with Crippen molar-refractivity contribution >= 4 is 42.4 Å². The molecule has 2 aromatic carbocycles. The van der Waals surface area contributed by atoms with Gasteiger partial charge in [0.1, 0.15) is 0 Å². The fraction of sp³-hybridized carbons (Fsp3) is 0.176. The van der Waals surface area contributed by atoms with Gasteiger partial charge in [0.2, 0.25) is 5.95 Å². The molecule has 0 aliphatic carbocycles. The minimum absolute atomic E-state index is 0.00524. The van der Waals surface area contributed by atoms with Gasteiger partial charge in [-0.25, -0.2) is 9.78 Å². The van der Waals surface area contributed by atoms with Crippen LogP contribution in [0.2, 0.25) is 0 Å². The largest absolute Gasteiger partial charge is 0.453 e. The number of aromatic nitrogens is 2. The Bertz CT molecular complexity index is 1000. The lowest BCUT2D eigenvalue weighted by atomic mass is 10.3. The van der Waals surface area contributed by atoms with Gasteiger partial charge in [-0.1, -0.05) is 30.0 Å². The van der Waals surface area contributed by atoms with Crippen LogP contribution in [0.5, 0.6) is 0 Å². The third-order valence-corrected chi connectivity index (χ3v) is 5.49. The van der Waals surface area contributed by atoms with E-state index in [1.54, 1.807) is 16.3 Å². The summed E-state index contributed by atoms with van der Waals surface area (Å²) in [6, 6.07) is 15.4. The maximum atomic E-state index is 11.6. The molecule has 8 nitrogen and oxygen atoms in total. The van der Waals surface area contributed by atoms with Gasteiger partial charge in [-0.05, 0) is 30.3 Å². The Morgan fingerprint density at radius 3 is 2.63 bits per heavy atom. The molecule has 0 unspecified atom stereocenters. The number of amides is 1. The first-order valence-corrected chi connectivity index (χ1v) is 10.6. The monoisotopic (exact) mass is 407 g/mol. The van der Waals surface area contributed by atoms with Crippen molar-refractivity contribution in [2.75, 3.05) is 18.6 Å². The van der Waals surface area contributed by atoms with E-state index >= 15 is 0 Å². The Morgan fingerprint density at radius 1 is 1.22 bits per heavy atom. The van der Waals surface area contributed by atoms with Gasteiger partial charge in [0.05, 0.1) is 24.3 Å². The van der Waals surface area contributed by atoms with Crippen molar-refractivity contribution < 1.29 is 23.9 Å². The molecular weight excluding hydrogens is 389 g/mol. The number of hydrogen-bond acceptors (Lipinski definition) is 5. The van der Waals surface area contributed by atoms with Crippen molar-refractivity contribution in [3.63, 3.8) is 0 Å². The zero-order chi connectivity index (χ0) is 19.4. The number of fused-ring (bicyclic) bond motifs is 1. The zero-order valence-corrected chi connectivity index (χ0v) is 16.1. The summed E-state index contributed by atoms with van der Waals surface area (Å²) in [5.74, 6) is 0.173. The first-order chi connectivity index (χ1) is 12.9. The second kappa shape index (κ2) is 8.14. The number of carbonyl (C=O) groups excluding carboxylic acids is 1. The van der Waals surface area contributed by atoms with E-state index in [-0.39, 0.29) is 18.7 Å². The lowest BCUT2D eigenvalue weighted by Gasteiger charge is -2.10. The fourth-order valence-electron chi connectivity index (χ4n) is 2.49. The highest BCUT2D eigenvalue weighted by molar-refractivity contribution is 7.99. The summed E-state index contributed by atoms with van der Waals surface area (Å²) >= 11 is 1.57. The molecule has 0 saturated carbocycles. The molecule has 1 heterocycles. The number of benzene rings is 2. The van der Waals surface area contributed by atoms with Crippen LogP contribution in [0.15, 0.2) is 58.3 Å². The maximum Gasteiger partial charge on any atom is 0.413 e. The van der Waals surface area contributed by atoms with Crippen molar-refractivity contribution in [3.8, 4) is 0 Å². The number of aryl methyl sites for hydroxylation is 1. The second-order valence-electron chi connectivity index (χ2n) is 5.66. The fourth-order valence-corrected chi connectivity index (χ4v) is 3.82. The number of methoxy groups -OCH3 is 1. The van der Waals surface area contributed by atoms with E-state index in [1.165, 1.54) is 7.11 Å². The van der Waals surface area contributed by atoms with Crippen LogP contribution in [-0.2, 0) is 15.8 Å². The smallest absolute Gasteiger partial charge is 0.413 e. The van der Waals surface area contributed by atoms with Gasteiger partial charge in [0, 0.05) is 16.3 Å². The van der Waals surface area contributed by atoms with E-state index in [0.29, 0.717) is 11.0 Å². The topological polar surface area (TPSA) is 114 Å². The van der Waals surface area contributed by atoms with Crippen LogP contribution < -0.4 is 5.32 Å². The van der Waals surface area contributed by atoms with Crippen molar-refractivity contribution in [2.45, 2.75) is 16.3 Å². The van der Waals surface area contributed by atoms with E-state index in [1.807, 2.05) is 48.5 Å². The van der Waals surface area contributed by atoms with Gasteiger partial charge in [-0.2, -0.15) is 0 Å². The quantitative estimate of drug-likeness (QED) is 0.536. The highest BCUT2D eigenvalue weighted by atomic mass is 32.2. The lowest BCUT2D eigenvalue weighted by molar-refractivity contribution is 0.186. The standard InChI is InChI=1S/C17H18N3O5PS/c1-25-17(21)19-16-18-14-11-13(27-12-5-3-2-4-6-12)7-8-15(14)20(16)9-10-26(22,23)24/h2-8,11H,9-10H2,1H3,(H,18,19,21)(H2,22,23,24). The summed E-state index contributed by atoms with van der Waals surface area (Å²) in [5.41, 5.74) is 1.26. The SMILES string of the molecule is COC(=O)Nc1nc2cc(Sc3ccccc3)ccc2n1CCP(=O)(O)O. The van der Waals surface area contributed by atoms with Crippen molar-refractivity contribution in [3.05, 3.63) is 48.5 Å². The van der Waals surface area contributed by atoms with Crippen LogP contribution in [-0.4, -0.2) is 38.7 Å². The molecule has 3 aromatic rings. The summed E-state index contributed by atoms with van der Waals surface area (Å²) in [7, 11) is -2.97. The molecule has 142 valence electrons. The van der Waals surface area contributed by atoms with Crippen LogP contribution in [0.25, 0.3) is 11.0 Å². The third kappa shape index (κ3) is 5.11. The Hall–Kier alpha value is -2.32. The van der Waals surface area contributed by atoms with Gasteiger partial charge >= 0.3 is 13.7 Å². The molecule has 0 aliphatic rings. The summed E-state index contributed by atoms with van der Waals surface area (Å²) in [6.45, 7) is 0.00524. The number of carbonyl (C=O) groups is 1. The molecule has 10 heteroatoms. The molecule has 0 atom stereocenters. The summed E-state index contributed by atoms with van der Waals surface area (Å²) in [4.78, 5) is 36.4. The normalized spacial score (nSPS) is 11.5. The molecular formula is C17H18N3O5PS. The van der Waals surface area contributed by atoms with Crippen molar-refractivity contribution in [1.29, 1.82) is 0 Å². The van der Waals surface area contributed by atoms with E-state index in [2.05, 4.69) is 15.0 Å². The first kappa shape index (κ1) is 19.4. The van der Waals surface area contributed by atoms with E-state index < -0.39 is 13.7 Å². The van der Waals surface area contributed by atoms with Crippen molar-refractivity contribution in [2.24, 2.45) is 0 Å².